The number of ketones is 1. The van der Waals surface area contributed by atoms with Crippen molar-refractivity contribution in [1.29, 1.82) is 0 Å². The van der Waals surface area contributed by atoms with Gasteiger partial charge in [0, 0.05) is 29.4 Å². The smallest absolute Gasteiger partial charge is 0.325 e. The molecule has 0 saturated heterocycles. The predicted molar refractivity (Wildman–Crippen MR) is 118 cm³/mol. The number of esters is 1. The Bertz CT molecular complexity index is 847. The van der Waals surface area contributed by atoms with E-state index in [-0.39, 0.29) is 36.3 Å². The van der Waals surface area contributed by atoms with Crippen molar-refractivity contribution in [3.63, 3.8) is 0 Å². The van der Waals surface area contributed by atoms with Gasteiger partial charge in [-0.25, -0.2) is 0 Å². The second-order valence-electron chi connectivity index (χ2n) is 10.7. The van der Waals surface area contributed by atoms with Gasteiger partial charge in [-0.3, -0.25) is 14.4 Å². The summed E-state index contributed by atoms with van der Waals surface area (Å²) in [6.07, 6.45) is 8.06. The largest absolute Gasteiger partial charge is 0.456 e. The van der Waals surface area contributed by atoms with E-state index in [0.29, 0.717) is 12.0 Å². The summed E-state index contributed by atoms with van der Waals surface area (Å²) in [5.41, 5.74) is 2.64. The first-order valence-corrected chi connectivity index (χ1v) is 11.8. The first kappa shape index (κ1) is 22.1. The minimum absolute atomic E-state index is 0.0642. The van der Waals surface area contributed by atoms with Crippen LogP contribution in [0.25, 0.3) is 0 Å². The van der Waals surface area contributed by atoms with Gasteiger partial charge in [0.15, 0.2) is 6.61 Å². The number of nitrogens with zero attached hydrogens (tertiary/aromatic N) is 1. The van der Waals surface area contributed by atoms with Crippen LogP contribution in [0.15, 0.2) is 6.07 Å². The van der Waals surface area contributed by atoms with Crippen LogP contribution in [-0.4, -0.2) is 35.4 Å². The number of aromatic nitrogens is 1. The molecule has 170 valence electrons. The predicted octanol–water partition coefficient (Wildman–Crippen LogP) is 4.13. The minimum Gasteiger partial charge on any atom is -0.456 e. The molecule has 1 heterocycles. The van der Waals surface area contributed by atoms with E-state index in [1.807, 2.05) is 19.9 Å². The van der Waals surface area contributed by atoms with Crippen molar-refractivity contribution in [1.82, 2.24) is 9.88 Å². The van der Waals surface area contributed by atoms with Crippen LogP contribution in [0.2, 0.25) is 0 Å². The zero-order valence-corrected chi connectivity index (χ0v) is 19.3. The van der Waals surface area contributed by atoms with Crippen molar-refractivity contribution in [3.05, 3.63) is 23.0 Å². The minimum atomic E-state index is -0.565. The van der Waals surface area contributed by atoms with Crippen LogP contribution in [0, 0.1) is 37.0 Å². The zero-order valence-electron chi connectivity index (χ0n) is 19.3. The van der Waals surface area contributed by atoms with Gasteiger partial charge in [-0.15, -0.1) is 0 Å². The number of hydrogen-bond acceptors (Lipinski definition) is 4. The maximum Gasteiger partial charge on any atom is 0.325 e. The molecule has 1 amide bonds. The van der Waals surface area contributed by atoms with E-state index in [1.165, 1.54) is 38.5 Å². The van der Waals surface area contributed by atoms with Gasteiger partial charge in [-0.2, -0.15) is 0 Å². The van der Waals surface area contributed by atoms with Gasteiger partial charge in [0.25, 0.3) is 0 Å². The molecule has 4 aliphatic carbocycles. The van der Waals surface area contributed by atoms with E-state index in [9.17, 15) is 14.4 Å². The summed E-state index contributed by atoms with van der Waals surface area (Å²) in [4.78, 5) is 37.2. The van der Waals surface area contributed by atoms with Gasteiger partial charge in [-0.05, 0) is 95.5 Å². The van der Waals surface area contributed by atoms with E-state index in [0.717, 1.165) is 29.1 Å². The van der Waals surface area contributed by atoms with Gasteiger partial charge >= 0.3 is 5.97 Å². The fourth-order valence-corrected chi connectivity index (χ4v) is 7.21. The van der Waals surface area contributed by atoms with Crippen LogP contribution in [0.1, 0.15) is 86.6 Å². The number of aryl methyl sites for hydroxylation is 1. The third-order valence-corrected chi connectivity index (χ3v) is 7.80. The van der Waals surface area contributed by atoms with Crippen LogP contribution in [-0.2, 0) is 14.3 Å². The Balaban J connectivity index is 1.23. The standard InChI is InChI=1S/C25H36N2O4/c1-15(2)27-16(3)5-21(17(27)4)22(28)14-31-24(30)13-26-23(29)12-25-9-18-6-19(10-25)8-20(7-18)11-25/h5,15,18-20H,6-14H2,1-4H3,(H,26,29). The molecule has 0 atom stereocenters. The number of amides is 1. The average Bonchev–Trinajstić information content (AvgIpc) is 2.97. The molecule has 0 aliphatic heterocycles. The summed E-state index contributed by atoms with van der Waals surface area (Å²) in [5.74, 6) is 1.55. The number of carbonyl (C=O) groups is 3. The second-order valence-corrected chi connectivity index (χ2v) is 10.7. The van der Waals surface area contributed by atoms with E-state index >= 15 is 0 Å². The Morgan fingerprint density at radius 1 is 1.10 bits per heavy atom. The van der Waals surface area contributed by atoms with Crippen molar-refractivity contribution in [2.24, 2.45) is 23.2 Å². The maximum atomic E-state index is 12.6. The molecule has 1 N–H and O–H groups in total. The molecule has 31 heavy (non-hydrogen) atoms. The molecule has 4 aliphatic rings. The van der Waals surface area contributed by atoms with Crippen molar-refractivity contribution < 1.29 is 19.1 Å². The molecular formula is C25H36N2O4. The third-order valence-electron chi connectivity index (χ3n) is 7.80. The topological polar surface area (TPSA) is 77.4 Å². The molecule has 6 nitrogen and oxygen atoms in total. The Kier molecular flexibility index (Phi) is 6.01. The lowest BCUT2D eigenvalue weighted by Crippen LogP contribution is -2.48. The van der Waals surface area contributed by atoms with Crippen LogP contribution in [0.5, 0.6) is 0 Å². The molecule has 6 heteroatoms. The summed E-state index contributed by atoms with van der Waals surface area (Å²) in [7, 11) is 0. The Labute approximate surface area is 185 Å². The van der Waals surface area contributed by atoms with Crippen LogP contribution in [0.4, 0.5) is 0 Å². The molecule has 1 aromatic rings. The summed E-state index contributed by atoms with van der Waals surface area (Å²) in [6, 6.07) is 2.10. The van der Waals surface area contributed by atoms with Crippen LogP contribution in [0.3, 0.4) is 0 Å². The van der Waals surface area contributed by atoms with Gasteiger partial charge in [0.1, 0.15) is 6.54 Å². The third kappa shape index (κ3) is 4.58. The number of rotatable bonds is 8. The summed E-state index contributed by atoms with van der Waals surface area (Å²) < 4.78 is 7.25. The maximum absolute atomic E-state index is 12.6. The molecule has 4 fully saturated rings. The zero-order chi connectivity index (χ0) is 22.3. The molecule has 0 spiro atoms. The van der Waals surface area contributed by atoms with Gasteiger partial charge in [0.05, 0.1) is 0 Å². The summed E-state index contributed by atoms with van der Waals surface area (Å²) in [5, 5.41) is 2.73. The highest BCUT2D eigenvalue weighted by Crippen LogP contribution is 2.61. The molecule has 0 radical (unpaired) electrons. The molecule has 4 bridgehead atoms. The van der Waals surface area contributed by atoms with Crippen molar-refractivity contribution >= 4 is 17.7 Å². The molecule has 0 unspecified atom stereocenters. The summed E-state index contributed by atoms with van der Waals surface area (Å²) in [6.45, 7) is 7.54. The second kappa shape index (κ2) is 8.44. The van der Waals surface area contributed by atoms with E-state index in [4.69, 9.17) is 4.74 Å². The number of nitrogens with one attached hydrogen (secondary N) is 1. The highest BCUT2D eigenvalue weighted by Gasteiger charge is 2.51. The molecular weight excluding hydrogens is 392 g/mol. The Hall–Kier alpha value is -2.11. The normalized spacial score (nSPS) is 28.7. The fourth-order valence-electron chi connectivity index (χ4n) is 7.21. The number of ether oxygens (including phenoxy) is 1. The van der Waals surface area contributed by atoms with Gasteiger partial charge in [0.2, 0.25) is 11.7 Å². The van der Waals surface area contributed by atoms with Crippen molar-refractivity contribution in [3.8, 4) is 0 Å². The molecule has 4 saturated carbocycles. The Morgan fingerprint density at radius 2 is 1.68 bits per heavy atom. The van der Waals surface area contributed by atoms with Gasteiger partial charge in [-0.1, -0.05) is 0 Å². The monoisotopic (exact) mass is 428 g/mol. The van der Waals surface area contributed by atoms with Crippen molar-refractivity contribution in [2.45, 2.75) is 78.7 Å². The number of Topliss-reactive ketones (excluding diaryl/α,β-unsaturated/α-hetero) is 1. The highest BCUT2D eigenvalue weighted by atomic mass is 16.5. The summed E-state index contributed by atoms with van der Waals surface area (Å²) >= 11 is 0. The molecule has 1 aromatic heterocycles. The number of carbonyl (C=O) groups excluding carboxylic acids is 3. The van der Waals surface area contributed by atoms with E-state index in [1.54, 1.807) is 0 Å². The first-order chi connectivity index (χ1) is 14.7. The molecule has 5 rings (SSSR count). The lowest BCUT2D eigenvalue weighted by Gasteiger charge is -2.56. The van der Waals surface area contributed by atoms with Crippen molar-refractivity contribution in [2.75, 3.05) is 13.2 Å². The highest BCUT2D eigenvalue weighted by molar-refractivity contribution is 5.99. The first-order valence-electron chi connectivity index (χ1n) is 11.8. The van der Waals surface area contributed by atoms with Crippen LogP contribution >= 0.6 is 0 Å². The van der Waals surface area contributed by atoms with E-state index < -0.39 is 5.97 Å². The lowest BCUT2D eigenvalue weighted by molar-refractivity contribution is -0.143. The SMILES string of the molecule is Cc1cc(C(=O)COC(=O)CNC(=O)CC23CC4CC(CC(C4)C2)C3)c(C)n1C(C)C. The average molecular weight is 429 g/mol. The molecule has 0 aromatic carbocycles. The quantitative estimate of drug-likeness (QED) is 0.499. The lowest BCUT2D eigenvalue weighted by atomic mass is 9.49. The van der Waals surface area contributed by atoms with Gasteiger partial charge < -0.3 is 14.6 Å². The fraction of sp³-hybridized carbons (Fsp3) is 0.720. The Morgan fingerprint density at radius 3 is 2.19 bits per heavy atom. The number of hydrogen-bond donors (Lipinski definition) is 1. The van der Waals surface area contributed by atoms with E-state index in [2.05, 4.69) is 23.7 Å². The van der Waals surface area contributed by atoms with Crippen LogP contribution < -0.4 is 5.32 Å².